The molecule has 0 aromatic heterocycles. The zero-order valence-corrected chi connectivity index (χ0v) is 11.7. The molecule has 6 heteroatoms. The summed E-state index contributed by atoms with van der Waals surface area (Å²) in [5.41, 5.74) is -0.964. The number of rotatable bonds is 7. The molecule has 0 aromatic carbocycles. The molecule has 0 aliphatic carbocycles. The van der Waals surface area contributed by atoms with Gasteiger partial charge in [-0.05, 0) is 19.8 Å². The van der Waals surface area contributed by atoms with Crippen molar-refractivity contribution in [3.05, 3.63) is 0 Å². The Balaban J connectivity index is 2.61. The van der Waals surface area contributed by atoms with Gasteiger partial charge in [-0.25, -0.2) is 0 Å². The highest BCUT2D eigenvalue weighted by molar-refractivity contribution is 5.80. The number of hydrogen-bond donors (Lipinski definition) is 1. The van der Waals surface area contributed by atoms with E-state index in [1.165, 1.54) is 7.11 Å². The van der Waals surface area contributed by atoms with E-state index in [2.05, 4.69) is 0 Å². The molecule has 0 saturated carbocycles. The fraction of sp³-hybridized carbons (Fsp3) is 0.846. The number of aliphatic carboxylic acids is 1. The van der Waals surface area contributed by atoms with E-state index in [4.69, 9.17) is 9.47 Å². The van der Waals surface area contributed by atoms with Gasteiger partial charge < -0.3 is 19.5 Å². The Morgan fingerprint density at radius 1 is 1.42 bits per heavy atom. The van der Waals surface area contributed by atoms with E-state index in [0.29, 0.717) is 39.0 Å². The van der Waals surface area contributed by atoms with Crippen LogP contribution in [0.3, 0.4) is 0 Å². The largest absolute Gasteiger partial charge is 0.481 e. The lowest BCUT2D eigenvalue weighted by Gasteiger charge is -2.39. The molecule has 6 nitrogen and oxygen atoms in total. The van der Waals surface area contributed by atoms with Crippen LogP contribution in [-0.2, 0) is 19.1 Å². The number of carboxylic acid groups (broad SMARTS) is 1. The van der Waals surface area contributed by atoms with Crippen LogP contribution in [0.25, 0.3) is 0 Å². The number of amides is 1. The van der Waals surface area contributed by atoms with E-state index >= 15 is 0 Å². The molecule has 0 bridgehead atoms. The fourth-order valence-electron chi connectivity index (χ4n) is 2.44. The Hall–Kier alpha value is -1.14. The van der Waals surface area contributed by atoms with E-state index in [0.717, 1.165) is 0 Å². The van der Waals surface area contributed by atoms with Gasteiger partial charge in [0.25, 0.3) is 0 Å². The predicted molar refractivity (Wildman–Crippen MR) is 68.9 cm³/mol. The Morgan fingerprint density at radius 3 is 2.74 bits per heavy atom. The van der Waals surface area contributed by atoms with Gasteiger partial charge in [0.2, 0.25) is 5.91 Å². The van der Waals surface area contributed by atoms with Crippen LogP contribution >= 0.6 is 0 Å². The first-order valence-electron chi connectivity index (χ1n) is 6.63. The van der Waals surface area contributed by atoms with Gasteiger partial charge in [-0.3, -0.25) is 9.59 Å². The third-order valence-electron chi connectivity index (χ3n) is 3.47. The number of hydrogen-bond acceptors (Lipinski definition) is 4. The highest BCUT2D eigenvalue weighted by atomic mass is 16.5. The fourth-order valence-corrected chi connectivity index (χ4v) is 2.44. The standard InChI is InChI=1S/C13H23NO5/c1-3-19-8-5-11(15)14-7-4-6-13(9-14,10-18-2)12(16)17/h3-10H2,1-2H3,(H,16,17). The molecular weight excluding hydrogens is 250 g/mol. The quantitative estimate of drug-likeness (QED) is 0.693. The molecular formula is C13H23NO5. The van der Waals surface area contributed by atoms with Gasteiger partial charge >= 0.3 is 5.97 Å². The SMILES string of the molecule is CCOCCC(=O)N1CCCC(COC)(C(=O)O)C1. The first kappa shape index (κ1) is 15.9. The second-order valence-electron chi connectivity index (χ2n) is 4.88. The summed E-state index contributed by atoms with van der Waals surface area (Å²) in [5, 5.41) is 9.39. The van der Waals surface area contributed by atoms with Gasteiger partial charge in [0, 0.05) is 26.8 Å². The summed E-state index contributed by atoms with van der Waals surface area (Å²) in [5.74, 6) is -0.938. The summed E-state index contributed by atoms with van der Waals surface area (Å²) in [6, 6.07) is 0. The number of carbonyl (C=O) groups is 2. The van der Waals surface area contributed by atoms with Gasteiger partial charge in [0.15, 0.2) is 0 Å². The number of likely N-dealkylation sites (tertiary alicyclic amines) is 1. The minimum atomic E-state index is -0.964. The first-order chi connectivity index (χ1) is 9.05. The van der Waals surface area contributed by atoms with Crippen molar-refractivity contribution >= 4 is 11.9 Å². The summed E-state index contributed by atoms with van der Waals surface area (Å²) in [6.07, 6.45) is 1.54. The highest BCUT2D eigenvalue weighted by Crippen LogP contribution is 2.31. The molecule has 1 amide bonds. The van der Waals surface area contributed by atoms with E-state index in [9.17, 15) is 14.7 Å². The molecule has 1 heterocycles. The van der Waals surface area contributed by atoms with Crippen molar-refractivity contribution in [1.82, 2.24) is 4.90 Å². The Kier molecular flexibility index (Phi) is 6.24. The molecule has 1 aliphatic rings. The van der Waals surface area contributed by atoms with Gasteiger partial charge in [0.05, 0.1) is 19.6 Å². The number of methoxy groups -OCH3 is 1. The molecule has 1 N–H and O–H groups in total. The van der Waals surface area contributed by atoms with Crippen LogP contribution in [0, 0.1) is 5.41 Å². The second kappa shape index (κ2) is 7.45. The topological polar surface area (TPSA) is 76.1 Å². The smallest absolute Gasteiger partial charge is 0.313 e. The molecule has 1 unspecified atom stereocenters. The number of nitrogens with zero attached hydrogens (tertiary/aromatic N) is 1. The number of piperidine rings is 1. The Bertz CT molecular complexity index is 316. The Labute approximate surface area is 113 Å². The van der Waals surface area contributed by atoms with E-state index in [-0.39, 0.29) is 19.1 Å². The van der Waals surface area contributed by atoms with Crippen LogP contribution in [0.2, 0.25) is 0 Å². The summed E-state index contributed by atoms with van der Waals surface area (Å²) in [4.78, 5) is 25.1. The van der Waals surface area contributed by atoms with E-state index < -0.39 is 11.4 Å². The van der Waals surface area contributed by atoms with Crippen LogP contribution in [-0.4, -0.2) is 61.9 Å². The minimum Gasteiger partial charge on any atom is -0.481 e. The van der Waals surface area contributed by atoms with Gasteiger partial charge in [-0.2, -0.15) is 0 Å². The molecule has 110 valence electrons. The highest BCUT2D eigenvalue weighted by Gasteiger charge is 2.43. The Morgan fingerprint density at radius 2 is 2.16 bits per heavy atom. The number of carboxylic acids is 1. The number of ether oxygens (including phenoxy) is 2. The normalized spacial score (nSPS) is 23.4. The van der Waals surface area contributed by atoms with Crippen molar-refractivity contribution in [2.24, 2.45) is 5.41 Å². The third-order valence-corrected chi connectivity index (χ3v) is 3.47. The lowest BCUT2D eigenvalue weighted by atomic mass is 9.80. The summed E-state index contributed by atoms with van der Waals surface area (Å²) in [6.45, 7) is 3.81. The van der Waals surface area contributed by atoms with Crippen LogP contribution in [0.1, 0.15) is 26.2 Å². The molecule has 1 fully saturated rings. The molecule has 1 rings (SSSR count). The van der Waals surface area contributed by atoms with Crippen molar-refractivity contribution in [3.8, 4) is 0 Å². The molecule has 1 atom stereocenters. The van der Waals surface area contributed by atoms with Crippen LogP contribution in [0.4, 0.5) is 0 Å². The molecule has 0 radical (unpaired) electrons. The summed E-state index contributed by atoms with van der Waals surface area (Å²) < 4.78 is 10.2. The molecule has 19 heavy (non-hydrogen) atoms. The van der Waals surface area contributed by atoms with E-state index in [1.807, 2.05) is 6.92 Å². The molecule has 0 spiro atoms. The van der Waals surface area contributed by atoms with Crippen LogP contribution in [0.5, 0.6) is 0 Å². The van der Waals surface area contributed by atoms with Gasteiger partial charge in [-0.15, -0.1) is 0 Å². The zero-order valence-electron chi connectivity index (χ0n) is 11.7. The average molecular weight is 273 g/mol. The van der Waals surface area contributed by atoms with Crippen molar-refractivity contribution in [2.75, 3.05) is 40.0 Å². The predicted octanol–water partition coefficient (Wildman–Crippen LogP) is 0.753. The molecule has 1 aliphatic heterocycles. The van der Waals surface area contributed by atoms with E-state index in [1.54, 1.807) is 4.90 Å². The maximum absolute atomic E-state index is 12.0. The third kappa shape index (κ3) is 4.18. The van der Waals surface area contributed by atoms with Crippen molar-refractivity contribution < 1.29 is 24.2 Å². The first-order valence-corrected chi connectivity index (χ1v) is 6.63. The second-order valence-corrected chi connectivity index (χ2v) is 4.88. The summed E-state index contributed by atoms with van der Waals surface area (Å²) in [7, 11) is 1.49. The average Bonchev–Trinajstić information content (AvgIpc) is 2.39. The lowest BCUT2D eigenvalue weighted by molar-refractivity contribution is -0.159. The van der Waals surface area contributed by atoms with Crippen LogP contribution in [0.15, 0.2) is 0 Å². The molecule has 0 aromatic rings. The van der Waals surface area contributed by atoms with Crippen molar-refractivity contribution in [2.45, 2.75) is 26.2 Å². The minimum absolute atomic E-state index is 0.0464. The van der Waals surface area contributed by atoms with Crippen LogP contribution < -0.4 is 0 Å². The van der Waals surface area contributed by atoms with Gasteiger partial charge in [-0.1, -0.05) is 0 Å². The maximum Gasteiger partial charge on any atom is 0.313 e. The zero-order chi connectivity index (χ0) is 14.3. The maximum atomic E-state index is 12.0. The van der Waals surface area contributed by atoms with Crippen molar-refractivity contribution in [3.63, 3.8) is 0 Å². The number of carbonyl (C=O) groups excluding carboxylic acids is 1. The lowest BCUT2D eigenvalue weighted by Crippen LogP contribution is -2.52. The monoisotopic (exact) mass is 273 g/mol. The van der Waals surface area contributed by atoms with Gasteiger partial charge in [0.1, 0.15) is 5.41 Å². The molecule has 1 saturated heterocycles. The summed E-state index contributed by atoms with van der Waals surface area (Å²) >= 11 is 0. The van der Waals surface area contributed by atoms with Crippen molar-refractivity contribution in [1.29, 1.82) is 0 Å².